The van der Waals surface area contributed by atoms with Crippen LogP contribution in [0.1, 0.15) is 41.2 Å². The molecule has 1 aromatic heterocycles. The smallest absolute Gasteiger partial charge is 0.213 e. The number of aliphatic hydroxyl groups is 1. The number of fused-ring (bicyclic) bond motifs is 4. The van der Waals surface area contributed by atoms with Crippen LogP contribution in [0, 0.1) is 18.8 Å². The van der Waals surface area contributed by atoms with Gasteiger partial charge in [-0.05, 0) is 55.3 Å². The summed E-state index contributed by atoms with van der Waals surface area (Å²) in [6.45, 7) is 9.89. The van der Waals surface area contributed by atoms with Gasteiger partial charge in [-0.3, -0.25) is 0 Å². The van der Waals surface area contributed by atoms with E-state index in [1.807, 2.05) is 12.1 Å². The first-order valence-electron chi connectivity index (χ1n) is 15.0. The van der Waals surface area contributed by atoms with Crippen molar-refractivity contribution < 1.29 is 23.6 Å². The first kappa shape index (κ1) is 30.3. The van der Waals surface area contributed by atoms with E-state index in [0.717, 1.165) is 80.4 Å². The fourth-order valence-electron chi connectivity index (χ4n) is 7.60. The van der Waals surface area contributed by atoms with Gasteiger partial charge in [-0.25, -0.2) is 0 Å². The number of piperidine rings is 3. The lowest BCUT2D eigenvalue weighted by Crippen LogP contribution is -2.67. The highest BCUT2D eigenvalue weighted by Gasteiger charge is 2.54. The van der Waals surface area contributed by atoms with Gasteiger partial charge in [0.15, 0.2) is 12.7 Å². The fourth-order valence-corrected chi connectivity index (χ4v) is 8.34. The molecule has 0 spiro atoms. The average molecular weight is 709 g/mol. The Balaban J connectivity index is 1.43. The number of nitrogens with zero attached hydrogens (tertiary/aromatic N) is 2. The van der Waals surface area contributed by atoms with E-state index in [1.54, 1.807) is 14.2 Å². The summed E-state index contributed by atoms with van der Waals surface area (Å²) >= 11 is 7.56. The van der Waals surface area contributed by atoms with Crippen LogP contribution in [0.4, 0.5) is 0 Å². The Morgan fingerprint density at radius 1 is 1.00 bits per heavy atom. The number of aromatic nitrogens is 1. The van der Waals surface area contributed by atoms with Crippen molar-refractivity contribution in [3.63, 3.8) is 0 Å². The van der Waals surface area contributed by atoms with Gasteiger partial charge in [-0.15, -0.1) is 6.58 Å². The van der Waals surface area contributed by atoms with Gasteiger partial charge >= 0.3 is 0 Å². The molecule has 224 valence electrons. The highest BCUT2D eigenvalue weighted by Crippen LogP contribution is 2.48. The molecule has 3 fully saturated rings. The molecule has 4 heterocycles. The van der Waals surface area contributed by atoms with Gasteiger partial charge in [0, 0.05) is 56.5 Å². The second-order valence-electron chi connectivity index (χ2n) is 12.3. The molecule has 4 aromatic rings. The van der Waals surface area contributed by atoms with Gasteiger partial charge in [0.1, 0.15) is 30.2 Å². The molecule has 0 aliphatic carbocycles. The molecular formula is C36H40Br2N2O3+2. The summed E-state index contributed by atoms with van der Waals surface area (Å²) < 4.78 is 16.5. The third-order valence-corrected chi connectivity index (χ3v) is 11.4. The van der Waals surface area contributed by atoms with Crippen LogP contribution in [0.2, 0.25) is 0 Å². The molecule has 0 radical (unpaired) electrons. The van der Waals surface area contributed by atoms with Gasteiger partial charge in [0.05, 0.1) is 32.7 Å². The van der Waals surface area contributed by atoms with Crippen LogP contribution in [0.3, 0.4) is 0 Å². The van der Waals surface area contributed by atoms with E-state index < -0.39 is 6.10 Å². The SMILES string of the molecule is C=C[C@@H]1C[N+]2(Cc3cc(OC)ccc3Br)CCC1CC2[C@@H](O)c1cc[n+](Cc2cc(C)ccc2Br)c2ccc(OC)cc12. The zero-order valence-electron chi connectivity index (χ0n) is 25.1. The monoisotopic (exact) mass is 706 g/mol. The molecule has 0 saturated carbocycles. The zero-order valence-corrected chi connectivity index (χ0v) is 28.3. The van der Waals surface area contributed by atoms with E-state index in [1.165, 1.54) is 16.7 Å². The number of aliphatic hydroxyl groups excluding tert-OH is 1. The number of aryl methyl sites for hydroxylation is 1. The summed E-state index contributed by atoms with van der Waals surface area (Å²) in [5.74, 6) is 2.63. The maximum atomic E-state index is 12.4. The van der Waals surface area contributed by atoms with Crippen molar-refractivity contribution in [2.75, 3.05) is 27.3 Å². The van der Waals surface area contributed by atoms with E-state index in [4.69, 9.17) is 9.47 Å². The predicted octanol–water partition coefficient (Wildman–Crippen LogP) is 7.67. The zero-order chi connectivity index (χ0) is 30.3. The van der Waals surface area contributed by atoms with E-state index in [0.29, 0.717) is 11.8 Å². The molecule has 0 amide bonds. The first-order chi connectivity index (χ1) is 20.7. The number of quaternary nitrogens is 1. The van der Waals surface area contributed by atoms with Crippen LogP contribution < -0.4 is 14.0 Å². The highest BCUT2D eigenvalue weighted by atomic mass is 79.9. The van der Waals surface area contributed by atoms with Crippen LogP contribution in [0.15, 0.2) is 88.5 Å². The molecule has 3 aliphatic rings. The average Bonchev–Trinajstić information content (AvgIpc) is 3.03. The molecule has 2 bridgehead atoms. The summed E-state index contributed by atoms with van der Waals surface area (Å²) in [4.78, 5) is 0. The lowest BCUT2D eigenvalue weighted by molar-refractivity contribution is -0.985. The number of rotatable bonds is 9. The molecule has 3 saturated heterocycles. The van der Waals surface area contributed by atoms with Gasteiger partial charge in [-0.2, -0.15) is 4.57 Å². The molecule has 1 N–H and O–H groups in total. The molecule has 3 unspecified atom stereocenters. The van der Waals surface area contributed by atoms with E-state index >= 15 is 0 Å². The minimum Gasteiger partial charge on any atom is -0.497 e. The Morgan fingerprint density at radius 2 is 1.72 bits per heavy atom. The van der Waals surface area contributed by atoms with Crippen molar-refractivity contribution in [3.8, 4) is 11.5 Å². The van der Waals surface area contributed by atoms with Crippen LogP contribution in [0.5, 0.6) is 11.5 Å². The lowest BCUT2D eigenvalue weighted by atomic mass is 9.71. The second-order valence-corrected chi connectivity index (χ2v) is 14.0. The summed E-state index contributed by atoms with van der Waals surface area (Å²) in [5.41, 5.74) is 5.69. The molecule has 5 nitrogen and oxygen atoms in total. The predicted molar refractivity (Wildman–Crippen MR) is 178 cm³/mol. The summed E-state index contributed by atoms with van der Waals surface area (Å²) in [7, 11) is 3.41. The minimum absolute atomic E-state index is 0.0595. The van der Waals surface area contributed by atoms with Crippen molar-refractivity contribution in [2.24, 2.45) is 11.8 Å². The maximum absolute atomic E-state index is 12.4. The molecule has 3 aliphatic heterocycles. The maximum Gasteiger partial charge on any atom is 0.213 e. The molecule has 7 rings (SSSR count). The van der Waals surface area contributed by atoms with Crippen LogP contribution >= 0.6 is 31.9 Å². The number of benzene rings is 3. The molecular weight excluding hydrogens is 668 g/mol. The Bertz CT molecular complexity index is 1670. The number of ether oxygens (including phenoxy) is 2. The number of pyridine rings is 1. The summed E-state index contributed by atoms with van der Waals surface area (Å²) in [6, 6.07) is 21.1. The topological polar surface area (TPSA) is 42.6 Å². The highest BCUT2D eigenvalue weighted by molar-refractivity contribution is 9.10. The van der Waals surface area contributed by atoms with Crippen molar-refractivity contribution >= 4 is 42.8 Å². The van der Waals surface area contributed by atoms with E-state index in [9.17, 15) is 5.11 Å². The summed E-state index contributed by atoms with van der Waals surface area (Å²) in [5, 5.41) is 13.5. The van der Waals surface area contributed by atoms with Crippen LogP contribution in [-0.4, -0.2) is 42.9 Å². The Kier molecular flexibility index (Phi) is 8.71. The van der Waals surface area contributed by atoms with E-state index in [2.05, 4.69) is 111 Å². The Labute approximate surface area is 271 Å². The van der Waals surface area contributed by atoms with Crippen LogP contribution in [-0.2, 0) is 13.1 Å². The minimum atomic E-state index is -0.632. The second kappa shape index (κ2) is 12.4. The van der Waals surface area contributed by atoms with Gasteiger partial charge in [0.2, 0.25) is 5.52 Å². The van der Waals surface area contributed by atoms with E-state index in [-0.39, 0.29) is 6.04 Å². The van der Waals surface area contributed by atoms with Gasteiger partial charge < -0.3 is 19.1 Å². The standard InChI is InChI=1S/C36H40Br2N2O3/c1-5-24-21-40(22-27-17-28(42-3)7-10-33(27)38)15-13-25(24)18-35(40)36(41)30-12-14-39(20-26-16-23(2)6-9-32(26)37)34-11-8-29(43-4)19-31(30)34/h5-12,14,16-17,19,24-25,35-36,41H,1,13,15,18,20-22H2,2-4H3/q+2/t24-,25?,35?,36+,40?/m1/s1. The fraction of sp³-hybridized carbons (Fsp3) is 0.361. The Morgan fingerprint density at radius 3 is 2.49 bits per heavy atom. The quantitative estimate of drug-likeness (QED) is 0.110. The van der Waals surface area contributed by atoms with Crippen molar-refractivity contribution in [1.29, 1.82) is 0 Å². The molecule has 5 atom stereocenters. The van der Waals surface area contributed by atoms with Crippen LogP contribution in [0.25, 0.3) is 10.9 Å². The molecule has 3 aromatic carbocycles. The third kappa shape index (κ3) is 5.77. The first-order valence-corrected chi connectivity index (χ1v) is 16.6. The number of halogens is 2. The third-order valence-electron chi connectivity index (χ3n) is 9.90. The molecule has 7 heteroatoms. The number of hydrogen-bond acceptors (Lipinski definition) is 3. The van der Waals surface area contributed by atoms with Gasteiger partial charge in [-0.1, -0.05) is 49.6 Å². The lowest BCUT2D eigenvalue weighted by Gasteiger charge is -2.58. The van der Waals surface area contributed by atoms with Crippen molar-refractivity contribution in [1.82, 2.24) is 0 Å². The Hall–Kier alpha value is -2.71. The van der Waals surface area contributed by atoms with Crippen molar-refractivity contribution in [2.45, 2.75) is 45.0 Å². The summed E-state index contributed by atoms with van der Waals surface area (Å²) in [6.07, 6.45) is 5.77. The van der Waals surface area contributed by atoms with Crippen molar-refractivity contribution in [3.05, 3.63) is 111 Å². The number of hydrogen-bond donors (Lipinski definition) is 1. The normalized spacial score (nSPS) is 23.7. The number of methoxy groups -OCH3 is 2. The molecule has 43 heavy (non-hydrogen) atoms. The van der Waals surface area contributed by atoms with Gasteiger partial charge in [0.25, 0.3) is 0 Å². The largest absolute Gasteiger partial charge is 0.497 e.